The first-order valence-electron chi connectivity index (χ1n) is 10.3. The number of carbonyl (C=O) groups excluding carboxylic acids is 1. The molecule has 0 saturated heterocycles. The van der Waals surface area contributed by atoms with E-state index in [1.807, 2.05) is 5.32 Å². The van der Waals surface area contributed by atoms with Crippen LogP contribution in [0.3, 0.4) is 0 Å². The zero-order valence-electron chi connectivity index (χ0n) is 18.7. The molecule has 0 saturated carbocycles. The van der Waals surface area contributed by atoms with E-state index in [1.165, 1.54) is 26.0 Å². The number of anilines is 1. The maximum atomic E-state index is 13.9. The topological polar surface area (TPSA) is 113 Å². The predicted molar refractivity (Wildman–Crippen MR) is 117 cm³/mol. The molecule has 0 aliphatic rings. The summed E-state index contributed by atoms with van der Waals surface area (Å²) in [4.78, 5) is 12.6. The average molecular weight is 498 g/mol. The van der Waals surface area contributed by atoms with E-state index in [-0.39, 0.29) is 16.9 Å². The van der Waals surface area contributed by atoms with Crippen molar-refractivity contribution < 1.29 is 37.0 Å². The number of amides is 1. The highest BCUT2D eigenvalue weighted by Gasteiger charge is 2.56. The number of phenols is 1. The summed E-state index contributed by atoms with van der Waals surface area (Å²) in [6.45, 7) is 1.34. The third kappa shape index (κ3) is 5.37. The highest BCUT2D eigenvalue weighted by molar-refractivity contribution is 5.98. The number of carbonyl (C=O) groups is 1. The number of hydrogen-bond donors (Lipinski definition) is 4. The molecule has 0 spiro atoms. The van der Waals surface area contributed by atoms with Gasteiger partial charge in [-0.15, -0.1) is 0 Å². The number of aromatic hydroxyl groups is 1. The van der Waals surface area contributed by atoms with Crippen LogP contribution in [0.5, 0.6) is 5.75 Å². The van der Waals surface area contributed by atoms with E-state index in [9.17, 15) is 37.0 Å². The summed E-state index contributed by atoms with van der Waals surface area (Å²) in [7, 11) is 0. The maximum absolute atomic E-state index is 13.9. The highest BCUT2D eigenvalue weighted by atomic mass is 19.4. The van der Waals surface area contributed by atoms with Crippen LogP contribution < -0.4 is 11.1 Å². The van der Waals surface area contributed by atoms with Gasteiger partial charge in [0, 0.05) is 5.56 Å². The maximum Gasteiger partial charge on any atom is 0.418 e. The van der Waals surface area contributed by atoms with E-state index in [1.54, 1.807) is 0 Å². The molecule has 12 heteroatoms. The summed E-state index contributed by atoms with van der Waals surface area (Å²) in [5, 5.41) is 26.5. The van der Waals surface area contributed by atoms with E-state index in [0.29, 0.717) is 5.69 Å². The number of rotatable bonds is 7. The fourth-order valence-corrected chi connectivity index (χ4v) is 3.78. The first-order chi connectivity index (χ1) is 16.1. The van der Waals surface area contributed by atoms with Gasteiger partial charge >= 0.3 is 6.18 Å². The third-order valence-electron chi connectivity index (χ3n) is 5.61. The van der Waals surface area contributed by atoms with E-state index >= 15 is 0 Å². The number of hydrogen-bond acceptors (Lipinski definition) is 5. The Morgan fingerprint density at radius 3 is 2.29 bits per heavy atom. The molecule has 0 bridgehead atoms. The Hall–Kier alpha value is -3.67. The van der Waals surface area contributed by atoms with Gasteiger partial charge in [-0.3, -0.25) is 4.79 Å². The smallest absolute Gasteiger partial charge is 0.418 e. The van der Waals surface area contributed by atoms with Crippen LogP contribution in [0.1, 0.15) is 36.2 Å². The van der Waals surface area contributed by atoms with Gasteiger partial charge in [-0.25, -0.2) is 13.5 Å². The largest absolute Gasteiger partial charge is 0.508 e. The minimum atomic E-state index is -5.19. The van der Waals surface area contributed by atoms with E-state index < -0.39 is 53.4 Å². The van der Waals surface area contributed by atoms with Crippen molar-refractivity contribution in [2.75, 3.05) is 12.3 Å². The van der Waals surface area contributed by atoms with Gasteiger partial charge in [0.1, 0.15) is 28.8 Å². The first-order valence-corrected chi connectivity index (χ1v) is 10.3. The molecule has 0 aliphatic carbocycles. The Bertz CT molecular complexity index is 1220. The Kier molecular flexibility index (Phi) is 6.80. The number of nitrogens with zero attached hydrogens (tertiary/aromatic N) is 2. The number of phenolic OH excluding ortho intramolecular Hbond substituents is 1. The number of aliphatic hydroxyl groups is 1. The molecule has 3 rings (SSSR count). The van der Waals surface area contributed by atoms with Crippen molar-refractivity contribution in [2.24, 2.45) is 0 Å². The fraction of sp³-hybridized carbons (Fsp3) is 0.304. The van der Waals surface area contributed by atoms with Crippen molar-refractivity contribution in [3.8, 4) is 11.4 Å². The Morgan fingerprint density at radius 1 is 1.09 bits per heavy atom. The fourth-order valence-electron chi connectivity index (χ4n) is 3.78. The lowest BCUT2D eigenvalue weighted by Crippen LogP contribution is -2.56. The van der Waals surface area contributed by atoms with Crippen LogP contribution in [-0.4, -0.2) is 44.2 Å². The molecule has 1 atom stereocenters. The van der Waals surface area contributed by atoms with Crippen LogP contribution >= 0.6 is 0 Å². The second-order valence-corrected chi connectivity index (χ2v) is 8.77. The van der Waals surface area contributed by atoms with Crippen LogP contribution in [0, 0.1) is 11.6 Å². The number of halogens is 5. The van der Waals surface area contributed by atoms with E-state index in [4.69, 9.17) is 5.73 Å². The SMILES string of the molecule is CC(C)(C[C@](O)(CNC(=O)c1cnn(-c2ccc(F)cc2)c1N)C(F)(F)F)c1cc(F)ccc1O. The molecule has 188 valence electrons. The minimum absolute atomic E-state index is 0.142. The molecular weight excluding hydrogens is 475 g/mol. The standard InChI is InChI=1S/C23H23F5N4O3/c1-21(2,17-9-14(25)5-8-18(17)33)11-22(35,23(26,27)28)12-30-20(34)16-10-31-32(19(16)29)15-6-3-13(24)4-7-15/h3-10,33,35H,11-12,29H2,1-2H3,(H,30,34)/t22-/m0/s1. The van der Waals surface area contributed by atoms with Gasteiger partial charge in [0.15, 0.2) is 5.60 Å². The van der Waals surface area contributed by atoms with E-state index in [2.05, 4.69) is 5.10 Å². The quantitative estimate of drug-likeness (QED) is 0.370. The molecule has 0 fully saturated rings. The van der Waals surface area contributed by atoms with Crippen LogP contribution in [0.25, 0.3) is 5.69 Å². The highest BCUT2D eigenvalue weighted by Crippen LogP contribution is 2.43. The summed E-state index contributed by atoms with van der Waals surface area (Å²) < 4.78 is 69.6. The Morgan fingerprint density at radius 2 is 1.69 bits per heavy atom. The van der Waals surface area contributed by atoms with Crippen LogP contribution in [-0.2, 0) is 5.41 Å². The number of nitrogen functional groups attached to an aromatic ring is 1. The monoisotopic (exact) mass is 498 g/mol. The number of nitrogens with one attached hydrogen (secondary N) is 1. The molecule has 35 heavy (non-hydrogen) atoms. The zero-order valence-corrected chi connectivity index (χ0v) is 18.7. The molecule has 5 N–H and O–H groups in total. The number of benzene rings is 2. The lowest BCUT2D eigenvalue weighted by atomic mass is 9.74. The van der Waals surface area contributed by atoms with Crippen molar-refractivity contribution in [1.82, 2.24) is 15.1 Å². The van der Waals surface area contributed by atoms with Crippen molar-refractivity contribution in [3.05, 3.63) is 71.4 Å². The lowest BCUT2D eigenvalue weighted by molar-refractivity contribution is -0.263. The average Bonchev–Trinajstić information content (AvgIpc) is 3.14. The van der Waals surface area contributed by atoms with Gasteiger partial charge in [-0.1, -0.05) is 13.8 Å². The van der Waals surface area contributed by atoms with Crippen LogP contribution in [0.2, 0.25) is 0 Å². The van der Waals surface area contributed by atoms with Gasteiger partial charge in [-0.05, 0) is 54.3 Å². The third-order valence-corrected chi connectivity index (χ3v) is 5.61. The summed E-state index contributed by atoms with van der Waals surface area (Å²) in [6, 6.07) is 7.79. The number of aromatic nitrogens is 2. The van der Waals surface area contributed by atoms with E-state index in [0.717, 1.165) is 41.2 Å². The molecule has 3 aromatic rings. The van der Waals surface area contributed by atoms with Gasteiger partial charge in [-0.2, -0.15) is 18.3 Å². The molecule has 0 aliphatic heterocycles. The normalized spacial score (nSPS) is 13.9. The Labute approximate surface area is 197 Å². The van der Waals surface area contributed by atoms with Gasteiger partial charge < -0.3 is 21.3 Å². The molecule has 0 radical (unpaired) electrons. The second-order valence-electron chi connectivity index (χ2n) is 8.77. The summed E-state index contributed by atoms with van der Waals surface area (Å²) in [5.41, 5.74) is 0.826. The van der Waals surface area contributed by atoms with Gasteiger partial charge in [0.05, 0.1) is 18.4 Å². The van der Waals surface area contributed by atoms with Crippen molar-refractivity contribution >= 4 is 11.7 Å². The molecule has 7 nitrogen and oxygen atoms in total. The number of alkyl halides is 3. The van der Waals surface area contributed by atoms with Crippen molar-refractivity contribution in [3.63, 3.8) is 0 Å². The van der Waals surface area contributed by atoms with Gasteiger partial charge in [0.25, 0.3) is 5.91 Å². The van der Waals surface area contributed by atoms with Gasteiger partial charge in [0.2, 0.25) is 0 Å². The predicted octanol–water partition coefficient (Wildman–Crippen LogP) is 3.83. The first kappa shape index (κ1) is 25.9. The lowest BCUT2D eigenvalue weighted by Gasteiger charge is -2.38. The Balaban J connectivity index is 1.83. The molecule has 1 aromatic heterocycles. The summed E-state index contributed by atoms with van der Waals surface area (Å²) in [5.74, 6) is -2.98. The van der Waals surface area contributed by atoms with Crippen molar-refractivity contribution in [1.29, 1.82) is 0 Å². The number of nitrogens with two attached hydrogens (primary N) is 1. The summed E-state index contributed by atoms with van der Waals surface area (Å²) in [6.07, 6.45) is -5.18. The zero-order chi connectivity index (χ0) is 26.2. The van der Waals surface area contributed by atoms with Crippen molar-refractivity contribution in [2.45, 2.75) is 37.5 Å². The summed E-state index contributed by atoms with van der Waals surface area (Å²) >= 11 is 0. The molecule has 2 aromatic carbocycles. The minimum Gasteiger partial charge on any atom is -0.508 e. The van der Waals surface area contributed by atoms with Crippen LogP contribution in [0.4, 0.5) is 27.8 Å². The molecule has 1 heterocycles. The molecule has 0 unspecified atom stereocenters. The molecule has 1 amide bonds. The second kappa shape index (κ2) is 9.17. The van der Waals surface area contributed by atoms with Crippen LogP contribution in [0.15, 0.2) is 48.7 Å². The molecular formula is C23H23F5N4O3.